The number of aromatic hydroxyl groups is 1. The number of aromatic nitrogens is 3. The molecule has 0 fully saturated rings. The number of nitrogens with zero attached hydrogens (tertiary/aromatic N) is 2. The third kappa shape index (κ3) is 2.37. The predicted octanol–water partition coefficient (Wildman–Crippen LogP) is 4.06. The number of nitrogens with one attached hydrogen (secondary N) is 1. The number of aromatic carboxylic acids is 1. The average Bonchev–Trinajstić information content (AvgIpc) is 3.12. The van der Waals surface area contributed by atoms with Crippen LogP contribution in [0, 0.1) is 0 Å². The van der Waals surface area contributed by atoms with Gasteiger partial charge in [-0.15, -0.1) is 0 Å². The normalized spacial score (nSPS) is 13.8. The van der Waals surface area contributed by atoms with Gasteiger partial charge < -0.3 is 10.2 Å². The zero-order valence-corrected chi connectivity index (χ0v) is 14.5. The summed E-state index contributed by atoms with van der Waals surface area (Å²) in [5.41, 5.74) is 5.74. The second-order valence-corrected chi connectivity index (χ2v) is 6.93. The van der Waals surface area contributed by atoms with E-state index in [2.05, 4.69) is 10.2 Å². The van der Waals surface area contributed by atoms with Gasteiger partial charge in [0.1, 0.15) is 5.75 Å². The van der Waals surface area contributed by atoms with E-state index in [1.165, 1.54) is 11.1 Å². The molecule has 0 aliphatic heterocycles. The Labute approximate surface area is 154 Å². The molecule has 6 heteroatoms. The van der Waals surface area contributed by atoms with Gasteiger partial charge in [-0.3, -0.25) is 5.10 Å². The van der Waals surface area contributed by atoms with E-state index in [1.54, 1.807) is 12.1 Å². The van der Waals surface area contributed by atoms with E-state index >= 15 is 0 Å². The van der Waals surface area contributed by atoms with Gasteiger partial charge in [-0.05, 0) is 73.2 Å². The van der Waals surface area contributed by atoms with Crippen molar-refractivity contribution in [2.75, 3.05) is 0 Å². The molecule has 0 amide bonds. The van der Waals surface area contributed by atoms with Crippen LogP contribution in [0.5, 0.6) is 5.75 Å². The molecule has 4 aromatic rings. The van der Waals surface area contributed by atoms with Gasteiger partial charge >= 0.3 is 5.97 Å². The zero-order chi connectivity index (χ0) is 18.5. The lowest BCUT2D eigenvalue weighted by atomic mass is 9.85. The number of pyridine rings is 1. The van der Waals surface area contributed by atoms with Crippen molar-refractivity contribution in [1.29, 1.82) is 0 Å². The Morgan fingerprint density at radius 2 is 1.70 bits per heavy atom. The first kappa shape index (κ1) is 15.8. The number of carboxylic acid groups (broad SMARTS) is 1. The zero-order valence-electron chi connectivity index (χ0n) is 14.5. The van der Waals surface area contributed by atoms with Gasteiger partial charge in [0.15, 0.2) is 5.69 Å². The van der Waals surface area contributed by atoms with Crippen LogP contribution in [0.1, 0.15) is 34.5 Å². The van der Waals surface area contributed by atoms with Crippen molar-refractivity contribution in [3.05, 3.63) is 53.2 Å². The summed E-state index contributed by atoms with van der Waals surface area (Å²) >= 11 is 0. The number of hydrogen-bond acceptors (Lipinski definition) is 4. The molecule has 134 valence electrons. The van der Waals surface area contributed by atoms with Gasteiger partial charge in [0.25, 0.3) is 0 Å². The minimum Gasteiger partial charge on any atom is -0.508 e. The van der Waals surface area contributed by atoms with Crippen LogP contribution < -0.4 is 0 Å². The number of aromatic amines is 1. The number of carbonyl (C=O) groups is 1. The summed E-state index contributed by atoms with van der Waals surface area (Å²) in [5, 5.41) is 27.6. The Bertz CT molecular complexity index is 1210. The Balaban J connectivity index is 1.90. The van der Waals surface area contributed by atoms with Crippen molar-refractivity contribution >= 4 is 27.8 Å². The number of fused-ring (bicyclic) bond motifs is 5. The topological polar surface area (TPSA) is 99.1 Å². The first-order valence-corrected chi connectivity index (χ1v) is 8.98. The van der Waals surface area contributed by atoms with E-state index in [4.69, 9.17) is 4.98 Å². The summed E-state index contributed by atoms with van der Waals surface area (Å²) in [4.78, 5) is 16.6. The molecule has 0 bridgehead atoms. The lowest BCUT2D eigenvalue weighted by molar-refractivity contribution is 0.0692. The molecule has 2 aromatic heterocycles. The monoisotopic (exact) mass is 359 g/mol. The fourth-order valence-corrected chi connectivity index (χ4v) is 4.14. The van der Waals surface area contributed by atoms with Crippen molar-refractivity contribution in [2.45, 2.75) is 25.7 Å². The van der Waals surface area contributed by atoms with Crippen LogP contribution in [-0.2, 0) is 12.8 Å². The highest BCUT2D eigenvalue weighted by atomic mass is 16.4. The van der Waals surface area contributed by atoms with Crippen LogP contribution >= 0.6 is 0 Å². The van der Waals surface area contributed by atoms with Crippen molar-refractivity contribution in [1.82, 2.24) is 15.2 Å². The van der Waals surface area contributed by atoms with Crippen LogP contribution in [0.25, 0.3) is 33.1 Å². The van der Waals surface area contributed by atoms with Crippen molar-refractivity contribution in [3.8, 4) is 17.0 Å². The van der Waals surface area contributed by atoms with Gasteiger partial charge in [0, 0.05) is 16.3 Å². The molecule has 1 aliphatic rings. The Morgan fingerprint density at radius 1 is 0.963 bits per heavy atom. The van der Waals surface area contributed by atoms with Gasteiger partial charge in [0.2, 0.25) is 0 Å². The first-order chi connectivity index (χ1) is 13.1. The van der Waals surface area contributed by atoms with Crippen LogP contribution in [0.4, 0.5) is 0 Å². The number of aryl methyl sites for hydroxylation is 1. The van der Waals surface area contributed by atoms with E-state index in [-0.39, 0.29) is 11.4 Å². The van der Waals surface area contributed by atoms with Crippen molar-refractivity contribution in [2.24, 2.45) is 0 Å². The molecule has 0 radical (unpaired) electrons. The molecular weight excluding hydrogens is 342 g/mol. The van der Waals surface area contributed by atoms with E-state index < -0.39 is 5.97 Å². The molecule has 3 N–H and O–H groups in total. The van der Waals surface area contributed by atoms with Gasteiger partial charge in [-0.1, -0.05) is 0 Å². The van der Waals surface area contributed by atoms with Gasteiger partial charge in [-0.2, -0.15) is 5.10 Å². The summed E-state index contributed by atoms with van der Waals surface area (Å²) in [6.45, 7) is 0. The molecule has 0 unspecified atom stereocenters. The Hall–Kier alpha value is -3.41. The predicted molar refractivity (Wildman–Crippen MR) is 102 cm³/mol. The van der Waals surface area contributed by atoms with Crippen LogP contribution in [-0.4, -0.2) is 31.4 Å². The Kier molecular flexibility index (Phi) is 3.40. The third-order valence-electron chi connectivity index (χ3n) is 5.34. The van der Waals surface area contributed by atoms with E-state index in [0.717, 1.165) is 47.8 Å². The lowest BCUT2D eigenvalue weighted by Crippen LogP contribution is -2.08. The second kappa shape index (κ2) is 5.81. The van der Waals surface area contributed by atoms with Crippen LogP contribution in [0.15, 0.2) is 36.4 Å². The maximum Gasteiger partial charge on any atom is 0.357 e. The number of rotatable bonds is 2. The fraction of sp³-hybridized carbons (Fsp3) is 0.190. The molecular formula is C21H17N3O3. The SMILES string of the molecule is O=C(O)c1n[nH]c2ccc3nc(-c4ccc(O)cc4)c4c(c3c12)CCCC4. The highest BCUT2D eigenvalue weighted by molar-refractivity contribution is 6.15. The quantitative estimate of drug-likeness (QED) is 0.501. The molecule has 0 saturated carbocycles. The number of phenolic OH excluding ortho intramolecular Hbond substituents is 1. The summed E-state index contributed by atoms with van der Waals surface area (Å²) in [6.07, 6.45) is 3.95. The largest absolute Gasteiger partial charge is 0.508 e. The summed E-state index contributed by atoms with van der Waals surface area (Å²) in [7, 11) is 0. The minimum absolute atomic E-state index is 0.0440. The summed E-state index contributed by atoms with van der Waals surface area (Å²) in [6, 6.07) is 10.8. The number of H-pyrrole nitrogens is 1. The van der Waals surface area contributed by atoms with Crippen molar-refractivity contribution < 1.29 is 15.0 Å². The smallest absolute Gasteiger partial charge is 0.357 e. The molecule has 5 rings (SSSR count). The molecule has 27 heavy (non-hydrogen) atoms. The highest BCUT2D eigenvalue weighted by Gasteiger charge is 2.24. The molecule has 0 spiro atoms. The minimum atomic E-state index is -1.04. The number of phenols is 1. The van der Waals surface area contributed by atoms with E-state index in [9.17, 15) is 15.0 Å². The van der Waals surface area contributed by atoms with Crippen LogP contribution in [0.3, 0.4) is 0 Å². The summed E-state index contributed by atoms with van der Waals surface area (Å²) < 4.78 is 0. The molecule has 2 aromatic carbocycles. The molecule has 6 nitrogen and oxygen atoms in total. The van der Waals surface area contributed by atoms with Gasteiger partial charge in [-0.25, -0.2) is 9.78 Å². The van der Waals surface area contributed by atoms with Gasteiger partial charge in [0.05, 0.1) is 16.7 Å². The summed E-state index contributed by atoms with van der Waals surface area (Å²) in [5.74, 6) is -0.819. The Morgan fingerprint density at radius 3 is 2.44 bits per heavy atom. The van der Waals surface area contributed by atoms with E-state index in [1.807, 2.05) is 24.3 Å². The molecule has 0 atom stereocenters. The molecule has 2 heterocycles. The van der Waals surface area contributed by atoms with Crippen LogP contribution in [0.2, 0.25) is 0 Å². The van der Waals surface area contributed by atoms with Crippen molar-refractivity contribution in [3.63, 3.8) is 0 Å². The number of carboxylic acids is 1. The lowest BCUT2D eigenvalue weighted by Gasteiger charge is -2.22. The number of benzene rings is 2. The molecule has 1 aliphatic carbocycles. The molecule has 0 saturated heterocycles. The fourth-order valence-electron chi connectivity index (χ4n) is 4.14. The third-order valence-corrected chi connectivity index (χ3v) is 5.34. The maximum absolute atomic E-state index is 11.7. The second-order valence-electron chi connectivity index (χ2n) is 6.93. The number of hydrogen-bond donors (Lipinski definition) is 3. The standard InChI is InChI=1S/C21H17N3O3/c25-12-7-5-11(6-8-12)19-14-4-2-1-3-13(14)17-15(22-19)9-10-16-18(17)20(21(26)27)24-23-16/h5-10,25H,1-4H2,(H,23,24)(H,26,27). The average molecular weight is 359 g/mol. The maximum atomic E-state index is 11.7. The highest BCUT2D eigenvalue weighted by Crippen LogP contribution is 2.38. The first-order valence-electron chi connectivity index (χ1n) is 8.98. The van der Waals surface area contributed by atoms with E-state index in [0.29, 0.717) is 10.9 Å².